The van der Waals surface area contributed by atoms with Gasteiger partial charge < -0.3 is 10.6 Å². The van der Waals surface area contributed by atoms with Crippen LogP contribution in [0, 0.1) is 18.3 Å². The van der Waals surface area contributed by atoms with E-state index in [0.29, 0.717) is 15.9 Å². The Morgan fingerprint density at radius 1 is 1.20 bits per heavy atom. The topological polar surface area (TPSA) is 156 Å². The number of nitrogens with one attached hydrogen (secondary N) is 2. The molecule has 1 aromatic carbocycles. The number of rotatable bonds is 8. The molecule has 0 aliphatic carbocycles. The molecule has 16 heteroatoms. The fourth-order valence-electron chi connectivity index (χ4n) is 3.63. The second-order valence-corrected chi connectivity index (χ2v) is 9.21. The summed E-state index contributed by atoms with van der Waals surface area (Å²) in [5, 5.41) is 28.9. The van der Waals surface area contributed by atoms with Crippen LogP contribution in [-0.2, 0) is 12.7 Å². The first-order chi connectivity index (χ1) is 19.4. The van der Waals surface area contributed by atoms with Crippen LogP contribution in [0.4, 0.5) is 18.9 Å². The summed E-state index contributed by atoms with van der Waals surface area (Å²) in [6.07, 6.45) is -3.38. The van der Waals surface area contributed by atoms with E-state index in [4.69, 9.17) is 11.6 Å². The lowest BCUT2D eigenvalue weighted by Crippen LogP contribution is -2.27. The van der Waals surface area contributed by atoms with Gasteiger partial charge >= 0.3 is 6.18 Å². The normalized spacial score (nSPS) is 11.1. The molecule has 3 heterocycles. The first-order valence-electron chi connectivity index (χ1n) is 11.7. The number of hydrogen-bond donors (Lipinski definition) is 2. The Bertz CT molecular complexity index is 1700. The summed E-state index contributed by atoms with van der Waals surface area (Å²) in [4.78, 5) is 31.4. The zero-order valence-electron chi connectivity index (χ0n) is 21.5. The van der Waals surface area contributed by atoms with Crippen molar-refractivity contribution in [2.24, 2.45) is 0 Å². The monoisotopic (exact) mass is 584 g/mol. The van der Waals surface area contributed by atoms with Gasteiger partial charge in [0.1, 0.15) is 12.2 Å². The molecule has 41 heavy (non-hydrogen) atoms. The summed E-state index contributed by atoms with van der Waals surface area (Å²) in [5.74, 6) is -2.68. The molecule has 210 valence electrons. The standard InChI is InChI=1S/C25H20ClF3N10O2/c1-13(2)11-32-22(40)17-8-15(10-30)7-14(3)20(17)33-23(41)19-9-16(12-38-36-24(34-37-38)25(27,28)29)35-39(19)21-18(26)5-4-6-31-21/h4-9H,1,11-12H2,2-3H3,(H,32,40)(H,33,41). The molecule has 0 atom stereocenters. The molecule has 0 saturated carbocycles. The van der Waals surface area contributed by atoms with Gasteiger partial charge in [-0.05, 0) is 55.0 Å². The zero-order chi connectivity index (χ0) is 29.9. The molecule has 0 unspecified atom stereocenters. The molecule has 0 radical (unpaired) electrons. The van der Waals surface area contributed by atoms with Crippen LogP contribution in [0.2, 0.25) is 5.02 Å². The molecular formula is C25H20ClF3N10O2. The van der Waals surface area contributed by atoms with Crippen molar-refractivity contribution in [2.45, 2.75) is 26.6 Å². The number of pyridine rings is 1. The highest BCUT2D eigenvalue weighted by Crippen LogP contribution is 2.27. The number of tetrazole rings is 1. The van der Waals surface area contributed by atoms with Crippen molar-refractivity contribution in [3.63, 3.8) is 0 Å². The average Bonchev–Trinajstić information content (AvgIpc) is 3.56. The highest BCUT2D eigenvalue weighted by atomic mass is 35.5. The number of benzene rings is 1. The second kappa shape index (κ2) is 11.6. The van der Waals surface area contributed by atoms with Gasteiger partial charge in [0.2, 0.25) is 0 Å². The molecule has 0 aliphatic heterocycles. The van der Waals surface area contributed by atoms with E-state index >= 15 is 0 Å². The third kappa shape index (κ3) is 6.56. The average molecular weight is 585 g/mol. The molecule has 2 N–H and O–H groups in total. The lowest BCUT2D eigenvalue weighted by atomic mass is 10.0. The Balaban J connectivity index is 1.74. The fraction of sp³-hybridized carbons (Fsp3) is 0.200. The third-order valence-corrected chi connectivity index (χ3v) is 5.74. The largest absolute Gasteiger partial charge is 0.455 e. The lowest BCUT2D eigenvalue weighted by Gasteiger charge is -2.15. The van der Waals surface area contributed by atoms with E-state index in [-0.39, 0.29) is 52.1 Å². The van der Waals surface area contributed by atoms with Gasteiger partial charge in [0.05, 0.1) is 33.6 Å². The molecular weight excluding hydrogens is 565 g/mol. The molecule has 0 fully saturated rings. The number of aryl methyl sites for hydroxylation is 1. The lowest BCUT2D eigenvalue weighted by molar-refractivity contribution is -0.145. The SMILES string of the molecule is C=C(C)CNC(=O)c1cc(C#N)cc(C)c1NC(=O)c1cc(Cn2nnc(C(F)(F)F)n2)nn1-c1ncccc1Cl. The van der Waals surface area contributed by atoms with Crippen LogP contribution in [-0.4, -0.2) is 53.3 Å². The van der Waals surface area contributed by atoms with Crippen molar-refractivity contribution in [3.8, 4) is 11.9 Å². The van der Waals surface area contributed by atoms with Crippen LogP contribution >= 0.6 is 11.6 Å². The van der Waals surface area contributed by atoms with Gasteiger partial charge in [0.25, 0.3) is 17.6 Å². The molecule has 2 amide bonds. The second-order valence-electron chi connectivity index (χ2n) is 8.80. The minimum absolute atomic E-state index is 0.0322. The van der Waals surface area contributed by atoms with E-state index in [0.717, 1.165) is 4.68 Å². The van der Waals surface area contributed by atoms with Crippen LogP contribution in [0.1, 0.15) is 50.4 Å². The van der Waals surface area contributed by atoms with Crippen molar-refractivity contribution in [3.05, 3.63) is 87.6 Å². The van der Waals surface area contributed by atoms with E-state index in [1.54, 1.807) is 19.9 Å². The molecule has 0 saturated heterocycles. The predicted molar refractivity (Wildman–Crippen MR) is 139 cm³/mol. The van der Waals surface area contributed by atoms with Gasteiger partial charge in [-0.25, -0.2) is 9.67 Å². The number of aromatic nitrogens is 7. The molecule has 4 aromatic rings. The Kier molecular flexibility index (Phi) is 8.15. The number of alkyl halides is 3. The quantitative estimate of drug-likeness (QED) is 0.297. The molecule has 3 aromatic heterocycles. The predicted octanol–water partition coefficient (Wildman–Crippen LogP) is 3.71. The Hall–Kier alpha value is -5.10. The van der Waals surface area contributed by atoms with E-state index < -0.39 is 23.8 Å². The zero-order valence-corrected chi connectivity index (χ0v) is 22.2. The maximum atomic E-state index is 13.6. The van der Waals surface area contributed by atoms with Gasteiger partial charge in [-0.2, -0.15) is 28.3 Å². The number of halogens is 4. The first kappa shape index (κ1) is 28.9. The smallest absolute Gasteiger partial charge is 0.348 e. The van der Waals surface area contributed by atoms with Crippen LogP contribution in [0.15, 0.2) is 48.7 Å². The van der Waals surface area contributed by atoms with E-state index in [9.17, 15) is 28.0 Å². The molecule has 0 spiro atoms. The number of carbonyl (C=O) groups is 2. The van der Waals surface area contributed by atoms with E-state index in [2.05, 4.69) is 42.7 Å². The van der Waals surface area contributed by atoms with Crippen molar-refractivity contribution >= 4 is 29.1 Å². The third-order valence-electron chi connectivity index (χ3n) is 5.44. The van der Waals surface area contributed by atoms with Crippen LogP contribution in [0.25, 0.3) is 5.82 Å². The molecule has 0 bridgehead atoms. The number of anilines is 1. The van der Waals surface area contributed by atoms with Gasteiger partial charge in [0, 0.05) is 12.7 Å². The van der Waals surface area contributed by atoms with Gasteiger partial charge in [-0.3, -0.25) is 9.59 Å². The Morgan fingerprint density at radius 2 is 1.95 bits per heavy atom. The highest BCUT2D eigenvalue weighted by Gasteiger charge is 2.37. The number of amides is 2. The van der Waals surface area contributed by atoms with Gasteiger partial charge in [-0.1, -0.05) is 23.8 Å². The van der Waals surface area contributed by atoms with Gasteiger partial charge in [-0.15, -0.1) is 10.2 Å². The molecule has 12 nitrogen and oxygen atoms in total. The van der Waals surface area contributed by atoms with Crippen LogP contribution in [0.5, 0.6) is 0 Å². The Morgan fingerprint density at radius 3 is 2.59 bits per heavy atom. The Labute approximate surface area is 235 Å². The van der Waals surface area contributed by atoms with Crippen LogP contribution < -0.4 is 10.6 Å². The summed E-state index contributed by atoms with van der Waals surface area (Å²) in [6, 6.07) is 9.17. The van der Waals surface area contributed by atoms with Crippen molar-refractivity contribution in [1.82, 2.24) is 40.3 Å². The number of nitrogens with zero attached hydrogens (tertiary/aromatic N) is 8. The summed E-state index contributed by atoms with van der Waals surface area (Å²) >= 11 is 6.29. The summed E-state index contributed by atoms with van der Waals surface area (Å²) in [5.41, 5.74) is 1.43. The minimum atomic E-state index is -4.79. The summed E-state index contributed by atoms with van der Waals surface area (Å²) < 4.78 is 39.9. The number of carbonyl (C=O) groups excluding carboxylic acids is 2. The summed E-state index contributed by atoms with van der Waals surface area (Å²) in [6.45, 7) is 6.87. The highest BCUT2D eigenvalue weighted by molar-refractivity contribution is 6.32. The maximum Gasteiger partial charge on any atom is 0.455 e. The van der Waals surface area contributed by atoms with Crippen molar-refractivity contribution in [2.75, 3.05) is 11.9 Å². The summed E-state index contributed by atoms with van der Waals surface area (Å²) in [7, 11) is 0. The number of hydrogen-bond acceptors (Lipinski definition) is 8. The fourth-order valence-corrected chi connectivity index (χ4v) is 3.83. The van der Waals surface area contributed by atoms with Gasteiger partial charge in [0.15, 0.2) is 5.82 Å². The van der Waals surface area contributed by atoms with E-state index in [1.807, 2.05) is 6.07 Å². The minimum Gasteiger partial charge on any atom is -0.348 e. The molecule has 4 rings (SSSR count). The maximum absolute atomic E-state index is 13.6. The van der Waals surface area contributed by atoms with Crippen molar-refractivity contribution < 1.29 is 22.8 Å². The van der Waals surface area contributed by atoms with Crippen molar-refractivity contribution in [1.29, 1.82) is 5.26 Å². The number of nitriles is 1. The molecule has 0 aliphatic rings. The van der Waals surface area contributed by atoms with Crippen LogP contribution in [0.3, 0.4) is 0 Å². The van der Waals surface area contributed by atoms with E-state index in [1.165, 1.54) is 30.5 Å². The first-order valence-corrected chi connectivity index (χ1v) is 12.1.